The number of rotatable bonds is 8. The lowest BCUT2D eigenvalue weighted by atomic mass is 10.2. The van der Waals surface area contributed by atoms with Gasteiger partial charge in [-0.3, -0.25) is 0 Å². The third kappa shape index (κ3) is 5.37. The molecule has 1 N–H and O–H groups in total. The fourth-order valence-electron chi connectivity index (χ4n) is 1.27. The first-order valence-electron chi connectivity index (χ1n) is 5.57. The standard InChI is InChI=1S/C11H19O3PS/c1-3-10(4-2)14-15(12)13-8-7-11-6-5-9-16-11/h5-6,9-10,12H,3-4,7-8H2,1-2H3. The molecule has 1 rings (SSSR count). The van der Waals surface area contributed by atoms with Gasteiger partial charge >= 0.3 is 8.60 Å². The van der Waals surface area contributed by atoms with E-state index in [0.717, 1.165) is 19.3 Å². The summed E-state index contributed by atoms with van der Waals surface area (Å²) in [7, 11) is -1.71. The van der Waals surface area contributed by atoms with Crippen LogP contribution in [0.1, 0.15) is 31.6 Å². The Labute approximate surface area is 102 Å². The lowest BCUT2D eigenvalue weighted by molar-refractivity contribution is 0.138. The Morgan fingerprint density at radius 2 is 2.19 bits per heavy atom. The maximum absolute atomic E-state index is 9.53. The Morgan fingerprint density at radius 1 is 1.44 bits per heavy atom. The van der Waals surface area contributed by atoms with Gasteiger partial charge in [-0.15, -0.1) is 11.3 Å². The van der Waals surface area contributed by atoms with Crippen molar-refractivity contribution >= 4 is 19.9 Å². The third-order valence-electron chi connectivity index (χ3n) is 2.28. The Hall–Kier alpha value is 0.0100. The minimum atomic E-state index is -1.71. The minimum Gasteiger partial charge on any atom is -0.328 e. The highest BCUT2D eigenvalue weighted by Crippen LogP contribution is 2.36. The molecule has 1 aromatic rings. The Kier molecular flexibility index (Phi) is 7.17. The number of thiophene rings is 1. The van der Waals surface area contributed by atoms with Gasteiger partial charge in [0.15, 0.2) is 0 Å². The molecular weight excluding hydrogens is 243 g/mol. The molecule has 3 nitrogen and oxygen atoms in total. The monoisotopic (exact) mass is 262 g/mol. The summed E-state index contributed by atoms with van der Waals surface area (Å²) in [6, 6.07) is 4.08. The van der Waals surface area contributed by atoms with Crippen LogP contribution < -0.4 is 0 Å². The first kappa shape index (κ1) is 14.1. The van der Waals surface area contributed by atoms with Gasteiger partial charge in [-0.05, 0) is 24.3 Å². The van der Waals surface area contributed by atoms with Crippen molar-refractivity contribution in [1.29, 1.82) is 0 Å². The van der Waals surface area contributed by atoms with Crippen LogP contribution in [-0.4, -0.2) is 17.6 Å². The summed E-state index contributed by atoms with van der Waals surface area (Å²) in [5.74, 6) is 0. The van der Waals surface area contributed by atoms with Crippen molar-refractivity contribution in [1.82, 2.24) is 0 Å². The van der Waals surface area contributed by atoms with Crippen molar-refractivity contribution in [3.8, 4) is 0 Å². The summed E-state index contributed by atoms with van der Waals surface area (Å²) in [5.41, 5.74) is 0. The van der Waals surface area contributed by atoms with Gasteiger partial charge in [-0.1, -0.05) is 19.9 Å². The maximum Gasteiger partial charge on any atom is 0.330 e. The van der Waals surface area contributed by atoms with E-state index in [1.54, 1.807) is 11.3 Å². The summed E-state index contributed by atoms with van der Waals surface area (Å²) in [6.45, 7) is 4.61. The van der Waals surface area contributed by atoms with E-state index in [4.69, 9.17) is 9.05 Å². The summed E-state index contributed by atoms with van der Waals surface area (Å²) >= 11 is 1.70. The quantitative estimate of drug-likeness (QED) is 0.725. The predicted octanol–water partition coefficient (Wildman–Crippen LogP) is 3.73. The topological polar surface area (TPSA) is 38.7 Å². The predicted molar refractivity (Wildman–Crippen MR) is 68.6 cm³/mol. The molecule has 1 heterocycles. The van der Waals surface area contributed by atoms with Crippen LogP contribution >= 0.6 is 19.9 Å². The molecule has 0 amide bonds. The van der Waals surface area contributed by atoms with Gasteiger partial charge < -0.3 is 13.9 Å². The molecule has 1 atom stereocenters. The summed E-state index contributed by atoms with van der Waals surface area (Å²) in [6.07, 6.45) is 2.76. The van der Waals surface area contributed by atoms with Gasteiger partial charge in [0.2, 0.25) is 0 Å². The molecule has 0 aromatic carbocycles. The van der Waals surface area contributed by atoms with Crippen LogP contribution in [0, 0.1) is 0 Å². The maximum atomic E-state index is 9.53. The van der Waals surface area contributed by atoms with Crippen molar-refractivity contribution in [2.75, 3.05) is 6.61 Å². The average Bonchev–Trinajstić information content (AvgIpc) is 2.79. The van der Waals surface area contributed by atoms with Gasteiger partial charge in [0.05, 0.1) is 12.7 Å². The Morgan fingerprint density at radius 3 is 2.75 bits per heavy atom. The van der Waals surface area contributed by atoms with Crippen LogP contribution in [0.4, 0.5) is 0 Å². The second kappa shape index (κ2) is 8.15. The second-order valence-electron chi connectivity index (χ2n) is 3.44. The van der Waals surface area contributed by atoms with Crippen LogP contribution in [0.5, 0.6) is 0 Å². The first-order chi connectivity index (χ1) is 7.76. The fourth-order valence-corrected chi connectivity index (χ4v) is 2.83. The molecule has 92 valence electrons. The van der Waals surface area contributed by atoms with Crippen molar-refractivity contribution in [2.24, 2.45) is 0 Å². The van der Waals surface area contributed by atoms with Crippen LogP contribution in [0.2, 0.25) is 0 Å². The molecule has 0 aliphatic carbocycles. The normalized spacial score (nSPS) is 13.2. The van der Waals surface area contributed by atoms with Gasteiger partial charge in [-0.25, -0.2) is 0 Å². The van der Waals surface area contributed by atoms with Crippen LogP contribution in [0.25, 0.3) is 0 Å². The van der Waals surface area contributed by atoms with Gasteiger partial charge in [0.1, 0.15) is 0 Å². The molecule has 0 aliphatic heterocycles. The highest BCUT2D eigenvalue weighted by Gasteiger charge is 2.13. The Bertz CT molecular complexity index is 262. The SMILES string of the molecule is CCC(CC)OP(O)OCCc1cccs1. The lowest BCUT2D eigenvalue weighted by Crippen LogP contribution is -2.08. The molecule has 0 spiro atoms. The zero-order valence-corrected chi connectivity index (χ0v) is 11.5. The van der Waals surface area contributed by atoms with Crippen LogP contribution in [0.3, 0.4) is 0 Å². The molecule has 0 aliphatic rings. The van der Waals surface area contributed by atoms with Gasteiger partial charge in [0.25, 0.3) is 0 Å². The zero-order chi connectivity index (χ0) is 11.8. The third-order valence-corrected chi connectivity index (χ3v) is 4.10. The fraction of sp³-hybridized carbons (Fsp3) is 0.636. The molecular formula is C11H19O3PS. The smallest absolute Gasteiger partial charge is 0.328 e. The average molecular weight is 262 g/mol. The van der Waals surface area contributed by atoms with Gasteiger partial charge in [0, 0.05) is 11.3 Å². The summed E-state index contributed by atoms with van der Waals surface area (Å²) in [4.78, 5) is 10.8. The molecule has 0 bridgehead atoms. The van der Waals surface area contributed by atoms with Crippen molar-refractivity contribution < 1.29 is 13.9 Å². The Balaban J connectivity index is 2.12. The molecule has 0 saturated heterocycles. The number of hydrogen-bond acceptors (Lipinski definition) is 4. The van der Waals surface area contributed by atoms with Crippen molar-refractivity contribution in [3.05, 3.63) is 22.4 Å². The van der Waals surface area contributed by atoms with Gasteiger partial charge in [-0.2, -0.15) is 0 Å². The van der Waals surface area contributed by atoms with E-state index in [-0.39, 0.29) is 6.10 Å². The van der Waals surface area contributed by atoms with Crippen LogP contribution in [-0.2, 0) is 15.5 Å². The minimum absolute atomic E-state index is 0.109. The molecule has 16 heavy (non-hydrogen) atoms. The van der Waals surface area contributed by atoms with Crippen LogP contribution in [0.15, 0.2) is 17.5 Å². The first-order valence-corrected chi connectivity index (χ1v) is 7.58. The van der Waals surface area contributed by atoms with E-state index < -0.39 is 8.60 Å². The van der Waals surface area contributed by atoms with E-state index in [9.17, 15) is 4.89 Å². The largest absolute Gasteiger partial charge is 0.330 e. The van der Waals surface area contributed by atoms with Crippen molar-refractivity contribution in [3.63, 3.8) is 0 Å². The zero-order valence-electron chi connectivity index (χ0n) is 9.76. The number of hydrogen-bond donors (Lipinski definition) is 1. The second-order valence-corrected chi connectivity index (χ2v) is 5.42. The molecule has 1 unspecified atom stereocenters. The summed E-state index contributed by atoms with van der Waals surface area (Å²) in [5, 5.41) is 2.04. The molecule has 0 saturated carbocycles. The van der Waals surface area contributed by atoms with E-state index >= 15 is 0 Å². The molecule has 0 fully saturated rings. The highest BCUT2D eigenvalue weighted by molar-refractivity contribution is 7.40. The van der Waals surface area contributed by atoms with E-state index in [1.165, 1.54) is 4.88 Å². The molecule has 0 radical (unpaired) electrons. The molecule has 5 heteroatoms. The van der Waals surface area contributed by atoms with Crippen molar-refractivity contribution in [2.45, 2.75) is 39.2 Å². The molecule has 1 aromatic heterocycles. The van der Waals surface area contributed by atoms with E-state index in [0.29, 0.717) is 6.61 Å². The highest BCUT2D eigenvalue weighted by atomic mass is 32.1. The lowest BCUT2D eigenvalue weighted by Gasteiger charge is -2.17. The van der Waals surface area contributed by atoms with E-state index in [1.807, 2.05) is 25.3 Å². The van der Waals surface area contributed by atoms with E-state index in [2.05, 4.69) is 6.07 Å². The summed E-state index contributed by atoms with van der Waals surface area (Å²) < 4.78 is 10.6.